The fourth-order valence-electron chi connectivity index (χ4n) is 4.44. The van der Waals surface area contributed by atoms with E-state index in [2.05, 4.69) is 20.3 Å². The molecule has 3 heterocycles. The van der Waals surface area contributed by atoms with Crippen molar-refractivity contribution in [3.05, 3.63) is 47.0 Å². The third kappa shape index (κ3) is 3.45. The summed E-state index contributed by atoms with van der Waals surface area (Å²) in [4.78, 5) is 40.2. The molecule has 1 saturated carbocycles. The molecule has 7 nitrogen and oxygen atoms in total. The molecule has 2 aromatic heterocycles. The van der Waals surface area contributed by atoms with Crippen molar-refractivity contribution in [1.82, 2.24) is 19.9 Å². The van der Waals surface area contributed by atoms with Gasteiger partial charge in [-0.3, -0.25) is 14.6 Å². The van der Waals surface area contributed by atoms with Crippen LogP contribution in [0, 0.1) is 25.2 Å². The molecule has 5 rings (SSSR count). The van der Waals surface area contributed by atoms with Crippen molar-refractivity contribution in [2.75, 3.05) is 18.4 Å². The molecule has 1 atom stereocenters. The molecule has 1 aromatic carbocycles. The number of rotatable bonds is 3. The molecule has 1 saturated heterocycles. The largest absolute Gasteiger partial charge is 0.337 e. The lowest BCUT2D eigenvalue weighted by molar-refractivity contribution is -0.118. The first-order valence-electron chi connectivity index (χ1n) is 10.2. The van der Waals surface area contributed by atoms with E-state index in [-0.39, 0.29) is 23.1 Å². The molecule has 1 aliphatic carbocycles. The lowest BCUT2D eigenvalue weighted by Gasteiger charge is -2.32. The molecule has 1 N–H and O–H groups in total. The number of nitrogens with zero attached hydrogens (tertiary/aromatic N) is 4. The van der Waals surface area contributed by atoms with Crippen LogP contribution in [0.4, 0.5) is 5.69 Å². The van der Waals surface area contributed by atoms with Gasteiger partial charge < -0.3 is 10.2 Å². The molecule has 1 aliphatic heterocycles. The molecule has 0 radical (unpaired) electrons. The summed E-state index contributed by atoms with van der Waals surface area (Å²) in [6.45, 7) is 5.14. The molecule has 2 amide bonds. The number of thiazole rings is 1. The number of carbonyl (C=O) groups excluding carboxylic acids is 2. The lowest BCUT2D eigenvalue weighted by atomic mass is 9.90. The average Bonchev–Trinajstić information content (AvgIpc) is 3.30. The van der Waals surface area contributed by atoms with Crippen molar-refractivity contribution in [2.45, 2.75) is 33.1 Å². The summed E-state index contributed by atoms with van der Waals surface area (Å²) >= 11 is 1.65. The Kier molecular flexibility index (Phi) is 4.54. The minimum absolute atomic E-state index is 0.0155. The normalized spacial score (nSPS) is 19.8. The Morgan fingerprint density at radius 3 is 2.70 bits per heavy atom. The Morgan fingerprint density at radius 1 is 1.17 bits per heavy atom. The van der Waals surface area contributed by atoms with E-state index >= 15 is 0 Å². The maximum absolute atomic E-state index is 12.8. The molecule has 154 valence electrons. The van der Waals surface area contributed by atoms with E-state index in [1.807, 2.05) is 36.9 Å². The Labute approximate surface area is 178 Å². The molecular formula is C22H23N5O2S. The van der Waals surface area contributed by atoms with E-state index in [0.717, 1.165) is 45.9 Å². The van der Waals surface area contributed by atoms with Gasteiger partial charge in [0.15, 0.2) is 0 Å². The van der Waals surface area contributed by atoms with Gasteiger partial charge in [-0.15, -0.1) is 11.3 Å². The number of hydrogen-bond acceptors (Lipinski definition) is 6. The van der Waals surface area contributed by atoms with Crippen molar-refractivity contribution >= 4 is 39.1 Å². The number of piperidine rings is 1. The molecule has 1 spiro atoms. The number of benzene rings is 1. The van der Waals surface area contributed by atoms with Crippen molar-refractivity contribution in [3.63, 3.8) is 0 Å². The molecule has 0 bridgehead atoms. The molecule has 2 fully saturated rings. The van der Waals surface area contributed by atoms with Crippen molar-refractivity contribution in [1.29, 1.82) is 0 Å². The fourth-order valence-corrected chi connectivity index (χ4v) is 5.25. The van der Waals surface area contributed by atoms with Gasteiger partial charge in [0, 0.05) is 30.9 Å². The van der Waals surface area contributed by atoms with Crippen LogP contribution in [-0.4, -0.2) is 44.8 Å². The van der Waals surface area contributed by atoms with E-state index in [1.165, 1.54) is 6.20 Å². The predicted octanol–water partition coefficient (Wildman–Crippen LogP) is 3.58. The highest BCUT2D eigenvalue weighted by molar-refractivity contribution is 7.18. The van der Waals surface area contributed by atoms with E-state index in [1.54, 1.807) is 17.5 Å². The summed E-state index contributed by atoms with van der Waals surface area (Å²) in [7, 11) is 0. The van der Waals surface area contributed by atoms with Crippen LogP contribution in [0.25, 0.3) is 10.2 Å². The second kappa shape index (κ2) is 7.12. The second-order valence-corrected chi connectivity index (χ2v) is 9.59. The van der Waals surface area contributed by atoms with Gasteiger partial charge in [0.25, 0.3) is 5.91 Å². The quantitative estimate of drug-likeness (QED) is 0.698. The summed E-state index contributed by atoms with van der Waals surface area (Å²) < 4.78 is 1.13. The minimum atomic E-state index is -0.0779. The maximum atomic E-state index is 12.8. The Hall–Kier alpha value is -2.87. The fraction of sp³-hybridized carbons (Fsp3) is 0.409. The zero-order chi connectivity index (χ0) is 20.9. The van der Waals surface area contributed by atoms with Crippen LogP contribution < -0.4 is 5.32 Å². The first-order valence-corrected chi connectivity index (χ1v) is 11.0. The number of hydrogen-bond donors (Lipinski definition) is 1. The van der Waals surface area contributed by atoms with Crippen LogP contribution >= 0.6 is 11.3 Å². The SMILES string of the molecule is Cc1cnc(C(=O)N2CCC3(CC2)CC3C(=O)Nc2ccc3sc(C)nc3c2)cn1. The molecular weight excluding hydrogens is 398 g/mol. The van der Waals surface area contributed by atoms with E-state index in [4.69, 9.17) is 0 Å². The van der Waals surface area contributed by atoms with Gasteiger partial charge in [-0.05, 0) is 56.7 Å². The first-order chi connectivity index (χ1) is 14.4. The Bertz CT molecular complexity index is 1130. The molecule has 2 aliphatic rings. The number of amides is 2. The van der Waals surface area contributed by atoms with Crippen molar-refractivity contribution in [3.8, 4) is 0 Å². The van der Waals surface area contributed by atoms with Gasteiger partial charge in [-0.25, -0.2) is 9.97 Å². The zero-order valence-corrected chi connectivity index (χ0v) is 17.8. The van der Waals surface area contributed by atoms with Crippen LogP contribution in [0.3, 0.4) is 0 Å². The van der Waals surface area contributed by atoms with Gasteiger partial charge in [0.1, 0.15) is 5.69 Å². The Balaban J connectivity index is 1.19. The third-order valence-corrected chi connectivity index (χ3v) is 7.27. The van der Waals surface area contributed by atoms with Gasteiger partial charge in [0.05, 0.1) is 27.1 Å². The highest BCUT2D eigenvalue weighted by Gasteiger charge is 2.58. The third-order valence-electron chi connectivity index (χ3n) is 6.31. The maximum Gasteiger partial charge on any atom is 0.274 e. The van der Waals surface area contributed by atoms with Crippen LogP contribution in [0.2, 0.25) is 0 Å². The van der Waals surface area contributed by atoms with Crippen LogP contribution in [0.1, 0.15) is 40.5 Å². The summed E-state index contributed by atoms with van der Waals surface area (Å²) in [5.74, 6) is 0.0122. The number of anilines is 1. The van der Waals surface area contributed by atoms with Crippen LogP contribution in [0.5, 0.6) is 0 Å². The molecule has 1 unspecified atom stereocenters. The van der Waals surface area contributed by atoms with E-state index < -0.39 is 0 Å². The number of fused-ring (bicyclic) bond motifs is 1. The highest BCUT2D eigenvalue weighted by atomic mass is 32.1. The average molecular weight is 422 g/mol. The topological polar surface area (TPSA) is 88.1 Å². The zero-order valence-electron chi connectivity index (χ0n) is 17.0. The molecule has 8 heteroatoms. The van der Waals surface area contributed by atoms with Crippen LogP contribution in [0.15, 0.2) is 30.6 Å². The summed E-state index contributed by atoms with van der Waals surface area (Å²) in [5.41, 5.74) is 2.92. The highest BCUT2D eigenvalue weighted by Crippen LogP contribution is 2.59. The number of aryl methyl sites for hydroxylation is 2. The summed E-state index contributed by atoms with van der Waals surface area (Å²) in [5, 5.41) is 4.09. The van der Waals surface area contributed by atoms with E-state index in [0.29, 0.717) is 18.8 Å². The van der Waals surface area contributed by atoms with Crippen molar-refractivity contribution in [2.24, 2.45) is 11.3 Å². The standard InChI is InChI=1S/C22H23N5O2S/c1-13-11-24-18(12-23-13)21(29)27-7-5-22(6-8-27)10-16(22)20(28)26-15-3-4-19-17(9-15)25-14(2)30-19/h3-4,9,11-12,16H,5-8,10H2,1-2H3,(H,26,28). The molecule has 3 aromatic rings. The minimum Gasteiger partial charge on any atom is -0.337 e. The van der Waals surface area contributed by atoms with E-state index in [9.17, 15) is 9.59 Å². The van der Waals surface area contributed by atoms with Gasteiger partial charge in [-0.2, -0.15) is 0 Å². The van der Waals surface area contributed by atoms with Crippen LogP contribution in [-0.2, 0) is 4.79 Å². The smallest absolute Gasteiger partial charge is 0.274 e. The van der Waals surface area contributed by atoms with Gasteiger partial charge in [-0.1, -0.05) is 0 Å². The van der Waals surface area contributed by atoms with Crippen molar-refractivity contribution < 1.29 is 9.59 Å². The number of likely N-dealkylation sites (tertiary alicyclic amines) is 1. The number of nitrogens with one attached hydrogen (secondary N) is 1. The summed E-state index contributed by atoms with van der Waals surface area (Å²) in [6, 6.07) is 5.89. The first kappa shape index (κ1) is 19.1. The number of aromatic nitrogens is 3. The monoisotopic (exact) mass is 421 g/mol. The predicted molar refractivity (Wildman–Crippen MR) is 115 cm³/mol. The Morgan fingerprint density at radius 2 is 1.97 bits per heavy atom. The number of carbonyl (C=O) groups is 2. The van der Waals surface area contributed by atoms with Gasteiger partial charge >= 0.3 is 0 Å². The van der Waals surface area contributed by atoms with Gasteiger partial charge in [0.2, 0.25) is 5.91 Å². The second-order valence-electron chi connectivity index (χ2n) is 8.36. The lowest BCUT2D eigenvalue weighted by Crippen LogP contribution is -2.40. The summed E-state index contributed by atoms with van der Waals surface area (Å²) in [6.07, 6.45) is 5.74. The molecule has 30 heavy (non-hydrogen) atoms.